The molecule has 3 rings (SSSR count). The van der Waals surface area contributed by atoms with Gasteiger partial charge in [0.15, 0.2) is 23.7 Å². The minimum atomic E-state index is -1.57. The minimum Gasteiger partial charge on any atom is -0.508 e. The second-order valence-corrected chi connectivity index (χ2v) is 6.98. The van der Waals surface area contributed by atoms with E-state index in [2.05, 4.69) is 0 Å². The second kappa shape index (κ2) is 9.77. The maximum atomic E-state index is 13.6. The first kappa shape index (κ1) is 21.9. The van der Waals surface area contributed by atoms with E-state index in [0.29, 0.717) is 18.4 Å². The Hall–Kier alpha value is -2.84. The number of rotatable bonds is 7. The second-order valence-electron chi connectivity index (χ2n) is 6.98. The average molecular weight is 422 g/mol. The SMILES string of the molecule is O=C(O)CCC=CCC1COC(c2cc(F)c(F)c(F)c2)OC1c1ccccc1O. The molecule has 0 radical (unpaired) electrons. The zero-order valence-electron chi connectivity index (χ0n) is 15.9. The number of hydrogen-bond acceptors (Lipinski definition) is 4. The number of hydrogen-bond donors (Lipinski definition) is 2. The van der Waals surface area contributed by atoms with Crippen LogP contribution in [-0.4, -0.2) is 22.8 Å². The minimum absolute atomic E-state index is 0.000487. The van der Waals surface area contributed by atoms with Gasteiger partial charge in [-0.3, -0.25) is 4.79 Å². The van der Waals surface area contributed by atoms with Gasteiger partial charge in [-0.15, -0.1) is 0 Å². The Morgan fingerprint density at radius 3 is 2.50 bits per heavy atom. The van der Waals surface area contributed by atoms with Crippen LogP contribution in [0, 0.1) is 23.4 Å². The Labute approximate surface area is 171 Å². The third kappa shape index (κ3) is 5.20. The third-order valence-corrected chi connectivity index (χ3v) is 4.81. The molecule has 8 heteroatoms. The highest BCUT2D eigenvalue weighted by Crippen LogP contribution is 2.42. The highest BCUT2D eigenvalue weighted by atomic mass is 19.2. The zero-order valence-corrected chi connectivity index (χ0v) is 15.9. The fourth-order valence-electron chi connectivity index (χ4n) is 3.31. The molecule has 1 aliphatic heterocycles. The first-order valence-electron chi connectivity index (χ1n) is 9.43. The lowest BCUT2D eigenvalue weighted by Crippen LogP contribution is -2.30. The monoisotopic (exact) mass is 422 g/mol. The number of phenols is 1. The molecule has 1 aliphatic rings. The van der Waals surface area contributed by atoms with Crippen LogP contribution in [-0.2, 0) is 14.3 Å². The molecule has 30 heavy (non-hydrogen) atoms. The summed E-state index contributed by atoms with van der Waals surface area (Å²) in [7, 11) is 0. The van der Waals surface area contributed by atoms with Gasteiger partial charge < -0.3 is 19.7 Å². The van der Waals surface area contributed by atoms with Crippen molar-refractivity contribution in [2.75, 3.05) is 6.61 Å². The van der Waals surface area contributed by atoms with Crippen LogP contribution < -0.4 is 0 Å². The van der Waals surface area contributed by atoms with Crippen LogP contribution in [0.25, 0.3) is 0 Å². The van der Waals surface area contributed by atoms with E-state index in [0.717, 1.165) is 12.1 Å². The van der Waals surface area contributed by atoms with Crippen molar-refractivity contribution in [3.63, 3.8) is 0 Å². The maximum absolute atomic E-state index is 13.6. The summed E-state index contributed by atoms with van der Waals surface area (Å²) < 4.78 is 52.1. The van der Waals surface area contributed by atoms with E-state index >= 15 is 0 Å². The quantitative estimate of drug-likeness (QED) is 0.484. The molecule has 1 heterocycles. The van der Waals surface area contributed by atoms with Crippen molar-refractivity contribution in [2.24, 2.45) is 5.92 Å². The fraction of sp³-hybridized carbons (Fsp3) is 0.318. The lowest BCUT2D eigenvalue weighted by Gasteiger charge is -2.37. The Morgan fingerprint density at radius 2 is 1.83 bits per heavy atom. The van der Waals surface area contributed by atoms with Crippen molar-refractivity contribution in [1.82, 2.24) is 0 Å². The number of aromatic hydroxyl groups is 1. The smallest absolute Gasteiger partial charge is 0.303 e. The summed E-state index contributed by atoms with van der Waals surface area (Å²) in [4.78, 5) is 10.6. The highest BCUT2D eigenvalue weighted by molar-refractivity contribution is 5.66. The molecule has 5 nitrogen and oxygen atoms in total. The van der Waals surface area contributed by atoms with E-state index in [-0.39, 0.29) is 30.3 Å². The van der Waals surface area contributed by atoms with Gasteiger partial charge in [-0.05, 0) is 31.0 Å². The van der Waals surface area contributed by atoms with Crippen molar-refractivity contribution < 1.29 is 37.7 Å². The molecule has 3 atom stereocenters. The Kier molecular flexibility index (Phi) is 7.12. The summed E-state index contributed by atoms with van der Waals surface area (Å²) in [6.45, 7) is 0.146. The molecule has 3 unspecified atom stereocenters. The summed E-state index contributed by atoms with van der Waals surface area (Å²) >= 11 is 0. The number of ether oxygens (including phenoxy) is 2. The molecule has 1 saturated heterocycles. The van der Waals surface area contributed by atoms with Crippen LogP contribution >= 0.6 is 0 Å². The van der Waals surface area contributed by atoms with E-state index in [1.54, 1.807) is 24.3 Å². The summed E-state index contributed by atoms with van der Waals surface area (Å²) in [5.74, 6) is -5.40. The number of carboxylic acid groups (broad SMARTS) is 1. The number of phenolic OH excluding ortho intramolecular Hbond substituents is 1. The largest absolute Gasteiger partial charge is 0.508 e. The molecular formula is C22H21F3O5. The van der Waals surface area contributed by atoms with Crippen molar-refractivity contribution in [3.05, 3.63) is 77.1 Å². The third-order valence-electron chi connectivity index (χ3n) is 4.81. The van der Waals surface area contributed by atoms with Gasteiger partial charge in [-0.2, -0.15) is 0 Å². The van der Waals surface area contributed by atoms with Crippen LogP contribution in [0.3, 0.4) is 0 Å². The van der Waals surface area contributed by atoms with Gasteiger partial charge in [0.1, 0.15) is 5.75 Å². The molecular weight excluding hydrogens is 401 g/mol. The number of carboxylic acids is 1. The van der Waals surface area contributed by atoms with Gasteiger partial charge in [0.05, 0.1) is 12.7 Å². The van der Waals surface area contributed by atoms with E-state index < -0.39 is 35.8 Å². The normalized spacial score (nSPS) is 21.8. The zero-order chi connectivity index (χ0) is 21.7. The number of aliphatic carboxylic acids is 1. The van der Waals surface area contributed by atoms with Crippen LogP contribution in [0.5, 0.6) is 5.75 Å². The number of carbonyl (C=O) groups is 1. The fourth-order valence-corrected chi connectivity index (χ4v) is 3.31. The lowest BCUT2D eigenvalue weighted by molar-refractivity contribution is -0.244. The van der Waals surface area contributed by atoms with Gasteiger partial charge >= 0.3 is 5.97 Å². The summed E-state index contributed by atoms with van der Waals surface area (Å²) in [6.07, 6.45) is 2.61. The van der Waals surface area contributed by atoms with Crippen LogP contribution in [0.1, 0.15) is 42.8 Å². The molecule has 0 saturated carbocycles. The van der Waals surface area contributed by atoms with Gasteiger partial charge in [-0.1, -0.05) is 30.4 Å². The summed E-state index contributed by atoms with van der Waals surface area (Å²) in [6, 6.07) is 8.19. The average Bonchev–Trinajstić information content (AvgIpc) is 2.72. The first-order valence-corrected chi connectivity index (χ1v) is 9.43. The molecule has 1 fully saturated rings. The number of benzene rings is 2. The number of halogens is 3. The van der Waals surface area contributed by atoms with Crippen LogP contribution in [0.2, 0.25) is 0 Å². The molecule has 0 bridgehead atoms. The van der Waals surface area contributed by atoms with Crippen molar-refractivity contribution in [3.8, 4) is 5.75 Å². The van der Waals surface area contributed by atoms with E-state index in [4.69, 9.17) is 14.6 Å². The van der Waals surface area contributed by atoms with Crippen LogP contribution in [0.15, 0.2) is 48.6 Å². The van der Waals surface area contributed by atoms with Crippen molar-refractivity contribution >= 4 is 5.97 Å². The molecule has 2 aromatic rings. The predicted octanol–water partition coefficient (Wildman–Crippen LogP) is 5.02. The Bertz CT molecular complexity index is 908. The molecule has 0 amide bonds. The molecule has 2 aromatic carbocycles. The van der Waals surface area contributed by atoms with Gasteiger partial charge in [0.25, 0.3) is 0 Å². The number of allylic oxidation sites excluding steroid dienone is 2. The van der Waals surface area contributed by atoms with E-state index in [1.165, 1.54) is 6.07 Å². The molecule has 2 N–H and O–H groups in total. The lowest BCUT2D eigenvalue weighted by atomic mass is 9.91. The Morgan fingerprint density at radius 1 is 1.13 bits per heavy atom. The topological polar surface area (TPSA) is 76.0 Å². The van der Waals surface area contributed by atoms with E-state index in [1.807, 2.05) is 6.08 Å². The maximum Gasteiger partial charge on any atom is 0.303 e. The first-order chi connectivity index (χ1) is 14.4. The predicted molar refractivity (Wildman–Crippen MR) is 101 cm³/mol. The number of para-hydroxylation sites is 1. The van der Waals surface area contributed by atoms with Gasteiger partial charge in [0.2, 0.25) is 0 Å². The van der Waals surface area contributed by atoms with Gasteiger partial charge in [-0.25, -0.2) is 13.2 Å². The molecule has 0 aliphatic carbocycles. The van der Waals surface area contributed by atoms with Crippen molar-refractivity contribution in [2.45, 2.75) is 31.7 Å². The molecule has 160 valence electrons. The van der Waals surface area contributed by atoms with Crippen molar-refractivity contribution in [1.29, 1.82) is 0 Å². The standard InChI is InChI=1S/C22H21F3O5/c23-16-10-14(11-17(24)20(16)25)22-29-12-13(6-2-1-3-9-19(27)28)21(30-22)15-7-4-5-8-18(15)26/h1-2,4-5,7-8,10-11,13,21-22,26H,3,6,9,12H2,(H,27,28). The van der Waals surface area contributed by atoms with Gasteiger partial charge in [0, 0.05) is 23.5 Å². The Balaban J connectivity index is 1.81. The van der Waals surface area contributed by atoms with Crippen LogP contribution in [0.4, 0.5) is 13.2 Å². The summed E-state index contributed by atoms with van der Waals surface area (Å²) in [5.41, 5.74) is 0.472. The molecule has 0 spiro atoms. The molecule has 0 aromatic heterocycles. The summed E-state index contributed by atoms with van der Waals surface area (Å²) in [5, 5.41) is 19.0. The highest BCUT2D eigenvalue weighted by Gasteiger charge is 2.35. The van der Waals surface area contributed by atoms with E-state index in [9.17, 15) is 23.1 Å².